The van der Waals surface area contributed by atoms with Crippen LogP contribution in [0.3, 0.4) is 0 Å². The normalized spacial score (nSPS) is 16.5. The maximum Gasteiger partial charge on any atom is 0.418 e. The fourth-order valence-electron chi connectivity index (χ4n) is 2.84. The van der Waals surface area contributed by atoms with E-state index in [1.807, 2.05) is 0 Å². The molecule has 0 radical (unpaired) electrons. The second-order valence-corrected chi connectivity index (χ2v) is 7.74. The van der Waals surface area contributed by atoms with Crippen LogP contribution >= 0.6 is 0 Å². The smallest absolute Gasteiger partial charge is 0.418 e. The third kappa shape index (κ3) is 4.94. The van der Waals surface area contributed by atoms with E-state index < -0.39 is 23.4 Å². The number of nitrogens with zero attached hydrogens (tertiary/aromatic N) is 2. The molecule has 0 fully saturated rings. The van der Waals surface area contributed by atoms with Crippen molar-refractivity contribution in [3.63, 3.8) is 0 Å². The number of rotatable bonds is 1. The van der Waals surface area contributed by atoms with Crippen LogP contribution < -0.4 is 10.6 Å². The number of amides is 1. The Morgan fingerprint density at radius 1 is 0.933 bits per heavy atom. The Labute approximate surface area is 172 Å². The largest absolute Gasteiger partial charge is 0.443 e. The van der Waals surface area contributed by atoms with Gasteiger partial charge in [-0.1, -0.05) is 0 Å². The number of ether oxygens (including phenoxy) is 1. The van der Waals surface area contributed by atoms with Crippen LogP contribution in [0.2, 0.25) is 0 Å². The number of hydrogen-bond acceptors (Lipinski definition) is 4. The standard InChI is InChI=1S/C22H22F3N3O2/c1-21(2,3)30-20(29)28-12-8-16(9-13-28)15-6-10-27(11-7-15)19-5-4-17(26)14-18(19)22(23,24)25/h4-14H,26H2,1-3H3. The number of halogens is 3. The first-order valence-electron chi connectivity index (χ1n) is 9.17. The molecule has 2 N–H and O–H groups in total. The maximum atomic E-state index is 13.4. The van der Waals surface area contributed by atoms with Crippen molar-refractivity contribution < 1.29 is 22.7 Å². The van der Waals surface area contributed by atoms with E-state index in [0.29, 0.717) is 0 Å². The summed E-state index contributed by atoms with van der Waals surface area (Å²) in [4.78, 5) is 14.8. The highest BCUT2D eigenvalue weighted by molar-refractivity contribution is 5.72. The van der Waals surface area contributed by atoms with Gasteiger partial charge >= 0.3 is 12.3 Å². The molecule has 0 saturated heterocycles. The van der Waals surface area contributed by atoms with Crippen LogP contribution in [-0.4, -0.2) is 16.6 Å². The molecule has 2 aliphatic heterocycles. The van der Waals surface area contributed by atoms with Gasteiger partial charge in [0.1, 0.15) is 5.60 Å². The highest BCUT2D eigenvalue weighted by Crippen LogP contribution is 2.38. The molecule has 1 aromatic carbocycles. The average Bonchev–Trinajstić information content (AvgIpc) is 2.66. The summed E-state index contributed by atoms with van der Waals surface area (Å²) in [6.07, 6.45) is 8.08. The lowest BCUT2D eigenvalue weighted by molar-refractivity contribution is -0.137. The molecule has 0 aromatic heterocycles. The quantitative estimate of drug-likeness (QED) is 0.595. The van der Waals surface area contributed by atoms with E-state index in [9.17, 15) is 18.0 Å². The topological polar surface area (TPSA) is 58.8 Å². The van der Waals surface area contributed by atoms with Crippen LogP contribution in [0.15, 0.2) is 78.4 Å². The summed E-state index contributed by atoms with van der Waals surface area (Å²) < 4.78 is 45.4. The van der Waals surface area contributed by atoms with Crippen molar-refractivity contribution in [3.8, 4) is 0 Å². The minimum atomic E-state index is -4.52. The number of allylic oxidation sites excluding steroid dienone is 6. The average molecular weight is 417 g/mol. The zero-order valence-corrected chi connectivity index (χ0v) is 16.8. The second-order valence-electron chi connectivity index (χ2n) is 7.74. The Morgan fingerprint density at radius 2 is 1.47 bits per heavy atom. The fourth-order valence-corrected chi connectivity index (χ4v) is 2.84. The summed E-state index contributed by atoms with van der Waals surface area (Å²) in [5.74, 6) is 0. The number of alkyl halides is 3. The predicted octanol–water partition coefficient (Wildman–Crippen LogP) is 5.71. The van der Waals surface area contributed by atoms with E-state index in [0.717, 1.165) is 17.2 Å². The van der Waals surface area contributed by atoms with Gasteiger partial charge in [-0.05, 0) is 74.4 Å². The van der Waals surface area contributed by atoms with E-state index in [1.165, 1.54) is 21.9 Å². The number of carbonyl (C=O) groups excluding carboxylic acids is 1. The molecular weight excluding hydrogens is 395 g/mol. The van der Waals surface area contributed by atoms with E-state index in [2.05, 4.69) is 0 Å². The van der Waals surface area contributed by atoms with Crippen LogP contribution in [0.25, 0.3) is 0 Å². The molecule has 0 atom stereocenters. The maximum absolute atomic E-state index is 13.4. The third-order valence-corrected chi connectivity index (χ3v) is 4.20. The lowest BCUT2D eigenvalue weighted by Crippen LogP contribution is -2.31. The zero-order chi connectivity index (χ0) is 22.1. The van der Waals surface area contributed by atoms with Crippen LogP contribution in [0.1, 0.15) is 26.3 Å². The van der Waals surface area contributed by atoms with Gasteiger partial charge in [-0.3, -0.25) is 4.90 Å². The number of benzene rings is 1. The highest BCUT2D eigenvalue weighted by atomic mass is 19.4. The summed E-state index contributed by atoms with van der Waals surface area (Å²) in [5.41, 5.74) is 5.73. The molecule has 0 unspecified atom stereocenters. The van der Waals surface area contributed by atoms with Gasteiger partial charge in [0.25, 0.3) is 0 Å². The number of hydrogen-bond donors (Lipinski definition) is 1. The van der Waals surface area contributed by atoms with Crippen molar-refractivity contribution in [2.45, 2.75) is 32.5 Å². The Balaban J connectivity index is 1.78. The Kier molecular flexibility index (Phi) is 5.52. The molecule has 0 bridgehead atoms. The van der Waals surface area contributed by atoms with Gasteiger partial charge in [0.05, 0.1) is 11.3 Å². The van der Waals surface area contributed by atoms with Crippen molar-refractivity contribution >= 4 is 17.5 Å². The van der Waals surface area contributed by atoms with Gasteiger partial charge in [-0.2, -0.15) is 13.2 Å². The molecular formula is C22H22F3N3O2. The number of nitrogen functional groups attached to an aromatic ring is 1. The third-order valence-electron chi connectivity index (χ3n) is 4.20. The SMILES string of the molecule is CC(C)(C)OC(=O)N1C=CC(=C2C=CN(c3ccc(N)cc3C(F)(F)F)C=C2)C=C1. The van der Waals surface area contributed by atoms with Crippen molar-refractivity contribution in [2.24, 2.45) is 0 Å². The van der Waals surface area contributed by atoms with E-state index in [1.54, 1.807) is 69.9 Å². The van der Waals surface area contributed by atoms with Gasteiger partial charge in [0.2, 0.25) is 0 Å². The Hall–Kier alpha value is -3.42. The molecule has 1 aromatic rings. The lowest BCUT2D eigenvalue weighted by atomic mass is 10.0. The van der Waals surface area contributed by atoms with Gasteiger partial charge < -0.3 is 15.4 Å². The van der Waals surface area contributed by atoms with E-state index in [4.69, 9.17) is 10.5 Å². The number of nitrogens with two attached hydrogens (primary N) is 1. The predicted molar refractivity (Wildman–Crippen MR) is 110 cm³/mol. The molecule has 8 heteroatoms. The summed E-state index contributed by atoms with van der Waals surface area (Å²) in [5, 5.41) is 0. The van der Waals surface area contributed by atoms with E-state index in [-0.39, 0.29) is 11.4 Å². The zero-order valence-electron chi connectivity index (χ0n) is 16.8. The molecule has 1 amide bonds. The first-order valence-corrected chi connectivity index (χ1v) is 9.17. The van der Waals surface area contributed by atoms with Crippen LogP contribution in [0.4, 0.5) is 29.3 Å². The van der Waals surface area contributed by atoms with Crippen molar-refractivity contribution in [2.75, 3.05) is 10.6 Å². The molecule has 158 valence electrons. The fraction of sp³-hybridized carbons (Fsp3) is 0.227. The van der Waals surface area contributed by atoms with Crippen molar-refractivity contribution in [1.82, 2.24) is 4.90 Å². The van der Waals surface area contributed by atoms with Gasteiger partial charge in [-0.25, -0.2) is 4.79 Å². The molecule has 0 saturated carbocycles. The molecule has 2 heterocycles. The first kappa shape index (κ1) is 21.3. The molecule has 5 nitrogen and oxygen atoms in total. The van der Waals surface area contributed by atoms with Gasteiger partial charge in [0.15, 0.2) is 0 Å². The second kappa shape index (κ2) is 7.78. The molecule has 2 aliphatic rings. The minimum absolute atomic E-state index is 0.0147. The van der Waals surface area contributed by atoms with Gasteiger partial charge in [-0.15, -0.1) is 0 Å². The highest BCUT2D eigenvalue weighted by Gasteiger charge is 2.35. The summed E-state index contributed by atoms with van der Waals surface area (Å²) in [6.45, 7) is 5.35. The summed E-state index contributed by atoms with van der Waals surface area (Å²) in [6, 6.07) is 3.69. The Morgan fingerprint density at radius 3 is 1.97 bits per heavy atom. The van der Waals surface area contributed by atoms with Crippen LogP contribution in [0, 0.1) is 0 Å². The summed E-state index contributed by atoms with van der Waals surface area (Å²) >= 11 is 0. The first-order chi connectivity index (χ1) is 13.9. The molecule has 0 aliphatic carbocycles. The molecule has 30 heavy (non-hydrogen) atoms. The van der Waals surface area contributed by atoms with E-state index >= 15 is 0 Å². The van der Waals surface area contributed by atoms with Crippen molar-refractivity contribution in [3.05, 3.63) is 84.0 Å². The van der Waals surface area contributed by atoms with Crippen molar-refractivity contribution in [1.29, 1.82) is 0 Å². The van der Waals surface area contributed by atoms with Crippen LogP contribution in [0.5, 0.6) is 0 Å². The van der Waals surface area contributed by atoms with Crippen LogP contribution in [-0.2, 0) is 10.9 Å². The lowest BCUT2D eigenvalue weighted by Gasteiger charge is -2.25. The Bertz CT molecular complexity index is 964. The molecule has 3 rings (SSSR count). The van der Waals surface area contributed by atoms with Gasteiger partial charge in [0, 0.05) is 30.5 Å². The number of carbonyl (C=O) groups is 1. The molecule has 0 spiro atoms. The number of anilines is 2. The monoisotopic (exact) mass is 417 g/mol. The minimum Gasteiger partial charge on any atom is -0.443 e. The summed E-state index contributed by atoms with van der Waals surface area (Å²) in [7, 11) is 0.